The zero-order valence-electron chi connectivity index (χ0n) is 23.0. The summed E-state index contributed by atoms with van der Waals surface area (Å²) in [6.45, 7) is 5.97. The highest BCUT2D eigenvalue weighted by atomic mass is 35.5. The number of imidazole rings is 1. The van der Waals surface area contributed by atoms with E-state index in [1.165, 1.54) is 4.90 Å². The van der Waals surface area contributed by atoms with Gasteiger partial charge >= 0.3 is 6.09 Å². The van der Waals surface area contributed by atoms with Gasteiger partial charge in [-0.15, -0.1) is 0 Å². The Bertz CT molecular complexity index is 1470. The van der Waals surface area contributed by atoms with E-state index in [2.05, 4.69) is 20.3 Å². The first kappa shape index (κ1) is 28.6. The van der Waals surface area contributed by atoms with Crippen LogP contribution >= 0.6 is 11.6 Å². The predicted octanol–water partition coefficient (Wildman–Crippen LogP) is 3.41. The number of anilines is 1. The number of H-pyrrole nitrogens is 1. The number of rotatable bonds is 7. The minimum absolute atomic E-state index is 0.0146. The van der Waals surface area contributed by atoms with E-state index in [9.17, 15) is 18.7 Å². The Morgan fingerprint density at radius 3 is 2.57 bits per heavy atom. The minimum Gasteiger partial charge on any atom is -0.487 e. The third kappa shape index (κ3) is 5.89. The lowest BCUT2D eigenvalue weighted by molar-refractivity contribution is -0.0223. The van der Waals surface area contributed by atoms with E-state index in [4.69, 9.17) is 35.3 Å². The van der Waals surface area contributed by atoms with E-state index in [0.29, 0.717) is 5.52 Å². The Hall–Kier alpha value is -3.46. The molecule has 3 N–H and O–H groups in total. The van der Waals surface area contributed by atoms with Gasteiger partial charge in [-0.1, -0.05) is 11.6 Å². The van der Waals surface area contributed by atoms with Gasteiger partial charge < -0.3 is 44.0 Å². The second-order valence-electron chi connectivity index (χ2n) is 11.4. The topological polar surface area (TPSA) is 140 Å². The van der Waals surface area contributed by atoms with Crippen LogP contribution in [0, 0.1) is 11.6 Å². The average Bonchev–Trinajstić information content (AvgIpc) is 3.56. The molecule has 5 heterocycles. The van der Waals surface area contributed by atoms with Crippen LogP contribution in [0.15, 0.2) is 18.2 Å². The number of carbonyl (C=O) groups is 1. The van der Waals surface area contributed by atoms with Gasteiger partial charge in [0.1, 0.15) is 53.2 Å². The molecule has 3 saturated heterocycles. The summed E-state index contributed by atoms with van der Waals surface area (Å²) < 4.78 is 57.7. The molecule has 1 amide bonds. The van der Waals surface area contributed by atoms with Gasteiger partial charge in [-0.25, -0.2) is 18.6 Å². The fourth-order valence-corrected chi connectivity index (χ4v) is 5.15. The van der Waals surface area contributed by atoms with Crippen molar-refractivity contribution in [1.29, 1.82) is 0 Å². The Morgan fingerprint density at radius 2 is 1.86 bits per heavy atom. The molecule has 42 heavy (non-hydrogen) atoms. The number of benzene rings is 1. The van der Waals surface area contributed by atoms with Gasteiger partial charge in [0.05, 0.1) is 36.8 Å². The number of nitrogens with one attached hydrogen (secondary N) is 2. The molecule has 0 bridgehead atoms. The van der Waals surface area contributed by atoms with Crippen LogP contribution in [0.4, 0.5) is 19.4 Å². The van der Waals surface area contributed by atoms with Crippen molar-refractivity contribution in [3.63, 3.8) is 0 Å². The average molecular weight is 610 g/mol. The first-order chi connectivity index (χ1) is 19.9. The van der Waals surface area contributed by atoms with Gasteiger partial charge in [0.15, 0.2) is 11.8 Å². The molecule has 0 spiro atoms. The molecular formula is C27H30ClF2N5O7. The molecule has 0 aliphatic carbocycles. The van der Waals surface area contributed by atoms with Gasteiger partial charge in [-0.05, 0) is 26.8 Å². The number of halogens is 3. The molecule has 3 aromatic rings. The Balaban J connectivity index is 1.06. The summed E-state index contributed by atoms with van der Waals surface area (Å²) in [6, 6.07) is 3.92. The summed E-state index contributed by atoms with van der Waals surface area (Å²) in [6.07, 6.45) is -2.90. The standard InChI is InChI=1S/C27H30ClF2N5O7/c1-27(2,3)42-26(37)35-8-13(9-35)40-12-4-16(29)14(17(30)5-12)7-31-23-15(28)6-18-24(33-23)34-25(32-18)41-20-11-39-21-19(36)10-38-22(20)21/h4-6,13,19-22,36H,7-11H2,1-3H3,(H2,31,32,33,34)/t19-,20-,21-,22-/m1/s1. The maximum Gasteiger partial charge on any atom is 0.410 e. The molecule has 2 aromatic heterocycles. The summed E-state index contributed by atoms with van der Waals surface area (Å²) in [5.41, 5.74) is -0.0924. The zero-order valence-corrected chi connectivity index (χ0v) is 23.8. The largest absolute Gasteiger partial charge is 0.487 e. The van der Waals surface area contributed by atoms with Crippen molar-refractivity contribution >= 4 is 34.7 Å². The van der Waals surface area contributed by atoms with Gasteiger partial charge in [-0.3, -0.25) is 0 Å². The maximum absolute atomic E-state index is 14.9. The highest BCUT2D eigenvalue weighted by molar-refractivity contribution is 6.33. The quantitative estimate of drug-likeness (QED) is 0.365. The third-order valence-electron chi connectivity index (χ3n) is 7.00. The number of nitrogens with zero attached hydrogens (tertiary/aromatic N) is 3. The smallest absolute Gasteiger partial charge is 0.410 e. The zero-order chi connectivity index (χ0) is 29.8. The summed E-state index contributed by atoms with van der Waals surface area (Å²) >= 11 is 6.37. The summed E-state index contributed by atoms with van der Waals surface area (Å²) in [5, 5.41) is 13.0. The molecule has 226 valence electrons. The molecule has 4 atom stereocenters. The molecule has 1 aromatic carbocycles. The summed E-state index contributed by atoms with van der Waals surface area (Å²) in [4.78, 5) is 25.2. The normalized spacial score (nSPS) is 24.0. The number of carbonyl (C=O) groups excluding carboxylic acids is 1. The number of aromatic amines is 1. The first-order valence-corrected chi connectivity index (χ1v) is 13.8. The number of aliphatic hydroxyl groups excluding tert-OH is 1. The molecule has 0 unspecified atom stereocenters. The number of likely N-dealkylation sites (tertiary alicyclic amines) is 1. The van der Waals surface area contributed by atoms with E-state index in [1.807, 2.05) is 0 Å². The molecule has 3 aliphatic rings. The Morgan fingerprint density at radius 1 is 1.14 bits per heavy atom. The molecule has 6 rings (SSSR count). The second kappa shape index (κ2) is 11.0. The molecular weight excluding hydrogens is 580 g/mol. The van der Waals surface area contributed by atoms with E-state index in [-0.39, 0.29) is 66.7 Å². The van der Waals surface area contributed by atoms with Crippen LogP contribution < -0.4 is 14.8 Å². The van der Waals surface area contributed by atoms with Crippen molar-refractivity contribution in [3.05, 3.63) is 40.4 Å². The first-order valence-electron chi connectivity index (χ1n) is 13.4. The van der Waals surface area contributed by atoms with Crippen molar-refractivity contribution in [1.82, 2.24) is 19.9 Å². The molecule has 3 fully saturated rings. The Labute approximate surface area is 244 Å². The maximum atomic E-state index is 14.9. The molecule has 3 aliphatic heterocycles. The van der Waals surface area contributed by atoms with Crippen LogP contribution in [0.1, 0.15) is 26.3 Å². The summed E-state index contributed by atoms with van der Waals surface area (Å²) in [7, 11) is 0. The number of ether oxygens (including phenoxy) is 5. The lowest BCUT2D eigenvalue weighted by Gasteiger charge is -2.39. The number of hydrogen-bond acceptors (Lipinski definition) is 10. The Kier molecular flexibility index (Phi) is 7.50. The van der Waals surface area contributed by atoms with Crippen molar-refractivity contribution in [2.45, 2.75) is 63.4 Å². The van der Waals surface area contributed by atoms with E-state index in [1.54, 1.807) is 26.8 Å². The van der Waals surface area contributed by atoms with Crippen LogP contribution in [-0.2, 0) is 20.8 Å². The van der Waals surface area contributed by atoms with Crippen molar-refractivity contribution < 1.29 is 42.4 Å². The van der Waals surface area contributed by atoms with Crippen molar-refractivity contribution in [2.75, 3.05) is 31.6 Å². The van der Waals surface area contributed by atoms with E-state index < -0.39 is 53.8 Å². The molecule has 15 heteroatoms. The van der Waals surface area contributed by atoms with Gasteiger partial charge in [-0.2, -0.15) is 4.98 Å². The fourth-order valence-electron chi connectivity index (χ4n) is 4.93. The molecule has 12 nitrogen and oxygen atoms in total. The molecule has 0 saturated carbocycles. The highest BCUT2D eigenvalue weighted by Crippen LogP contribution is 2.31. The van der Waals surface area contributed by atoms with Gasteiger partial charge in [0.25, 0.3) is 6.01 Å². The van der Waals surface area contributed by atoms with Crippen LogP contribution in [0.3, 0.4) is 0 Å². The summed E-state index contributed by atoms with van der Waals surface area (Å²) in [5.74, 6) is -1.44. The number of hydrogen-bond donors (Lipinski definition) is 3. The van der Waals surface area contributed by atoms with Gasteiger partial charge in [0, 0.05) is 24.2 Å². The monoisotopic (exact) mass is 609 g/mol. The second-order valence-corrected chi connectivity index (χ2v) is 11.8. The number of aliphatic hydroxyl groups is 1. The van der Waals surface area contributed by atoms with Crippen molar-refractivity contribution in [3.8, 4) is 11.8 Å². The van der Waals surface area contributed by atoms with Crippen LogP contribution in [0.5, 0.6) is 11.8 Å². The lowest BCUT2D eigenvalue weighted by Crippen LogP contribution is -2.57. The van der Waals surface area contributed by atoms with E-state index in [0.717, 1.165) is 12.1 Å². The predicted molar refractivity (Wildman–Crippen MR) is 145 cm³/mol. The number of aromatic nitrogens is 3. The fraction of sp³-hybridized carbons (Fsp3) is 0.519. The van der Waals surface area contributed by atoms with Gasteiger partial charge in [0.2, 0.25) is 0 Å². The van der Waals surface area contributed by atoms with Crippen molar-refractivity contribution in [2.24, 2.45) is 0 Å². The minimum atomic E-state index is -0.815. The van der Waals surface area contributed by atoms with Crippen LogP contribution in [-0.4, -0.2) is 93.5 Å². The number of amides is 1. The number of pyridine rings is 1. The van der Waals surface area contributed by atoms with Crippen LogP contribution in [0.2, 0.25) is 5.02 Å². The SMILES string of the molecule is CC(C)(C)OC(=O)N1CC(Oc2cc(F)c(CNc3nc4nc(O[C@@H]5CO[C@H]6[C@@H]5OC[C@H]6O)[nH]c4cc3Cl)c(F)c2)C1. The number of fused-ring (bicyclic) bond motifs is 2. The molecule has 0 radical (unpaired) electrons. The lowest BCUT2D eigenvalue weighted by atomic mass is 10.1. The van der Waals surface area contributed by atoms with Crippen LogP contribution in [0.25, 0.3) is 11.2 Å². The van der Waals surface area contributed by atoms with E-state index >= 15 is 0 Å². The highest BCUT2D eigenvalue weighted by Gasteiger charge is 2.48. The third-order valence-corrected chi connectivity index (χ3v) is 7.29.